The van der Waals surface area contributed by atoms with E-state index in [2.05, 4.69) is 29.8 Å². The van der Waals surface area contributed by atoms with Gasteiger partial charge >= 0.3 is 0 Å². The van der Waals surface area contributed by atoms with Crippen LogP contribution in [0.2, 0.25) is 0 Å². The van der Waals surface area contributed by atoms with Crippen LogP contribution in [-0.2, 0) is 9.84 Å². The minimum Gasteiger partial charge on any atom is -0.493 e. The Balaban J connectivity index is 2.59. The lowest BCUT2D eigenvalue weighted by Crippen LogP contribution is -2.12. The number of sulfone groups is 1. The average Bonchev–Trinajstić information content (AvgIpc) is 2.36. The van der Waals surface area contributed by atoms with E-state index < -0.39 is 9.84 Å². The summed E-state index contributed by atoms with van der Waals surface area (Å²) in [6, 6.07) is 5.90. The van der Waals surface area contributed by atoms with Gasteiger partial charge in [0.25, 0.3) is 0 Å². The molecule has 5 heteroatoms. The molecule has 0 saturated carbocycles. The lowest BCUT2D eigenvalue weighted by Gasteiger charge is -2.14. The van der Waals surface area contributed by atoms with E-state index in [9.17, 15) is 8.42 Å². The maximum Gasteiger partial charge on any atom is 0.150 e. The van der Waals surface area contributed by atoms with E-state index >= 15 is 0 Å². The Hall–Kier alpha value is -0.550. The molecule has 0 spiro atoms. The molecule has 0 saturated heterocycles. The number of hydrogen-bond acceptors (Lipinski definition) is 3. The molecule has 0 aliphatic carbocycles. The molecule has 0 aliphatic heterocycles. The Labute approximate surface area is 124 Å². The fraction of sp³-hybridized carbons (Fsp3) is 0.571. The van der Waals surface area contributed by atoms with Gasteiger partial charge < -0.3 is 4.74 Å². The van der Waals surface area contributed by atoms with Crippen molar-refractivity contribution in [3.8, 4) is 5.75 Å². The van der Waals surface area contributed by atoms with Crippen molar-refractivity contribution >= 4 is 25.8 Å². The predicted octanol–water partition coefficient (Wildman–Crippen LogP) is 3.78. The van der Waals surface area contributed by atoms with Crippen molar-refractivity contribution in [2.75, 3.05) is 18.1 Å². The van der Waals surface area contributed by atoms with Crippen LogP contribution in [0.4, 0.5) is 0 Å². The first-order valence-electron chi connectivity index (χ1n) is 6.48. The maximum absolute atomic E-state index is 11.4. The van der Waals surface area contributed by atoms with Gasteiger partial charge in [-0.05, 0) is 36.1 Å². The van der Waals surface area contributed by atoms with Crippen LogP contribution in [0.15, 0.2) is 22.7 Å². The number of halogens is 1. The third-order valence-corrected chi connectivity index (χ3v) is 5.17. The minimum atomic E-state index is -2.89. The summed E-state index contributed by atoms with van der Waals surface area (Å²) in [5.74, 6) is 1.60. The third-order valence-electron chi connectivity index (χ3n) is 2.89. The zero-order valence-corrected chi connectivity index (χ0v) is 14.1. The molecule has 0 bridgehead atoms. The van der Waals surface area contributed by atoms with E-state index in [0.29, 0.717) is 18.9 Å². The molecule has 3 nitrogen and oxygen atoms in total. The summed E-state index contributed by atoms with van der Waals surface area (Å²) < 4.78 is 29.5. The lowest BCUT2D eigenvalue weighted by atomic mass is 10.0. The molecule has 0 aromatic heterocycles. The van der Waals surface area contributed by atoms with Crippen LogP contribution >= 0.6 is 15.9 Å². The average molecular weight is 349 g/mol. The Morgan fingerprint density at radius 3 is 2.58 bits per heavy atom. The van der Waals surface area contributed by atoms with Crippen molar-refractivity contribution in [1.82, 2.24) is 0 Å². The quantitative estimate of drug-likeness (QED) is 0.704. The van der Waals surface area contributed by atoms with Crippen LogP contribution in [0, 0.1) is 0 Å². The van der Waals surface area contributed by atoms with E-state index in [1.54, 1.807) is 6.92 Å². The van der Waals surface area contributed by atoms with Gasteiger partial charge in [-0.1, -0.05) is 36.7 Å². The molecule has 19 heavy (non-hydrogen) atoms. The molecule has 1 rings (SSSR count). The van der Waals surface area contributed by atoms with Crippen LogP contribution < -0.4 is 4.74 Å². The molecule has 0 fully saturated rings. The molecule has 0 aliphatic rings. The molecule has 0 N–H and O–H groups in total. The van der Waals surface area contributed by atoms with Crippen molar-refractivity contribution in [3.05, 3.63) is 28.2 Å². The Bertz CT molecular complexity index is 509. The third kappa shape index (κ3) is 5.53. The van der Waals surface area contributed by atoms with Gasteiger partial charge in [0.2, 0.25) is 0 Å². The van der Waals surface area contributed by atoms with E-state index in [1.807, 2.05) is 18.2 Å². The molecule has 0 radical (unpaired) electrons. The van der Waals surface area contributed by atoms with Crippen LogP contribution in [0.1, 0.15) is 38.7 Å². The van der Waals surface area contributed by atoms with Crippen LogP contribution in [0.5, 0.6) is 5.75 Å². The summed E-state index contributed by atoms with van der Waals surface area (Å²) in [6.07, 6.45) is 0.532. The van der Waals surface area contributed by atoms with Gasteiger partial charge in [-0.2, -0.15) is 0 Å². The predicted molar refractivity (Wildman–Crippen MR) is 82.7 cm³/mol. The molecule has 108 valence electrons. The van der Waals surface area contributed by atoms with Crippen molar-refractivity contribution in [2.45, 2.75) is 33.1 Å². The zero-order chi connectivity index (χ0) is 14.5. The van der Waals surface area contributed by atoms with Crippen LogP contribution in [-0.4, -0.2) is 26.5 Å². The van der Waals surface area contributed by atoms with Gasteiger partial charge in [-0.3, -0.25) is 0 Å². The van der Waals surface area contributed by atoms with Gasteiger partial charge in [-0.25, -0.2) is 8.42 Å². The van der Waals surface area contributed by atoms with E-state index in [1.165, 1.54) is 0 Å². The van der Waals surface area contributed by atoms with Crippen molar-refractivity contribution in [2.24, 2.45) is 0 Å². The highest BCUT2D eigenvalue weighted by Crippen LogP contribution is 2.29. The Morgan fingerprint density at radius 2 is 2.00 bits per heavy atom. The molecular weight excluding hydrogens is 328 g/mol. The molecule has 0 unspecified atom stereocenters. The van der Waals surface area contributed by atoms with Crippen molar-refractivity contribution in [1.29, 1.82) is 0 Å². The monoisotopic (exact) mass is 348 g/mol. The fourth-order valence-electron chi connectivity index (χ4n) is 1.71. The summed E-state index contributed by atoms with van der Waals surface area (Å²) in [7, 11) is -2.89. The summed E-state index contributed by atoms with van der Waals surface area (Å²) in [5.41, 5.74) is 1.13. The fourth-order valence-corrected chi connectivity index (χ4v) is 2.93. The molecular formula is C14H21BrO3S. The minimum absolute atomic E-state index is 0.192. The second-order valence-electron chi connectivity index (χ2n) is 4.78. The number of rotatable bonds is 7. The van der Waals surface area contributed by atoms with E-state index in [-0.39, 0.29) is 11.5 Å². The smallest absolute Gasteiger partial charge is 0.150 e. The summed E-state index contributed by atoms with van der Waals surface area (Å²) >= 11 is 3.45. The Morgan fingerprint density at radius 1 is 1.32 bits per heavy atom. The summed E-state index contributed by atoms with van der Waals surface area (Å²) in [4.78, 5) is 0. The van der Waals surface area contributed by atoms with Gasteiger partial charge in [0.15, 0.2) is 0 Å². The first-order valence-corrected chi connectivity index (χ1v) is 9.10. The number of benzene rings is 1. The van der Waals surface area contributed by atoms with Gasteiger partial charge in [-0.15, -0.1) is 0 Å². The van der Waals surface area contributed by atoms with Crippen molar-refractivity contribution < 1.29 is 13.2 Å². The van der Waals surface area contributed by atoms with Crippen LogP contribution in [0.3, 0.4) is 0 Å². The SMILES string of the molecule is CCS(=O)(=O)CCCOc1ccc(Br)cc1C(C)C. The second-order valence-corrected chi connectivity index (χ2v) is 8.16. The molecule has 1 aromatic rings. The first-order chi connectivity index (χ1) is 8.85. The highest BCUT2D eigenvalue weighted by molar-refractivity contribution is 9.10. The molecule has 1 aromatic carbocycles. The largest absolute Gasteiger partial charge is 0.493 e. The highest BCUT2D eigenvalue weighted by Gasteiger charge is 2.10. The lowest BCUT2D eigenvalue weighted by molar-refractivity contribution is 0.313. The zero-order valence-electron chi connectivity index (χ0n) is 11.6. The summed E-state index contributed by atoms with van der Waals surface area (Å²) in [5, 5.41) is 0. The van der Waals surface area contributed by atoms with Gasteiger partial charge in [0.1, 0.15) is 15.6 Å². The first kappa shape index (κ1) is 16.5. The Kier molecular flexibility index (Phi) is 6.33. The standard InChI is InChI=1S/C14H21BrO3S/c1-4-19(16,17)9-5-8-18-14-7-6-12(15)10-13(14)11(2)3/h6-7,10-11H,4-5,8-9H2,1-3H3. The van der Waals surface area contributed by atoms with Crippen LogP contribution in [0.25, 0.3) is 0 Å². The second kappa shape index (κ2) is 7.29. The van der Waals surface area contributed by atoms with E-state index in [4.69, 9.17) is 4.74 Å². The topological polar surface area (TPSA) is 43.4 Å². The molecule has 0 amide bonds. The number of hydrogen-bond donors (Lipinski definition) is 0. The number of ether oxygens (including phenoxy) is 1. The van der Waals surface area contributed by atoms with E-state index in [0.717, 1.165) is 15.8 Å². The van der Waals surface area contributed by atoms with Gasteiger partial charge in [0, 0.05) is 10.2 Å². The summed E-state index contributed by atoms with van der Waals surface area (Å²) in [6.45, 7) is 6.31. The van der Waals surface area contributed by atoms with Gasteiger partial charge in [0.05, 0.1) is 12.4 Å². The highest BCUT2D eigenvalue weighted by atomic mass is 79.9. The molecule has 0 heterocycles. The normalized spacial score (nSPS) is 11.8. The van der Waals surface area contributed by atoms with Crippen molar-refractivity contribution in [3.63, 3.8) is 0 Å². The maximum atomic E-state index is 11.4. The molecule has 0 atom stereocenters.